The van der Waals surface area contributed by atoms with Gasteiger partial charge in [-0.3, -0.25) is 4.79 Å². The number of H-pyrrole nitrogens is 1. The molecule has 0 spiro atoms. The van der Waals surface area contributed by atoms with Gasteiger partial charge in [0, 0.05) is 0 Å². The summed E-state index contributed by atoms with van der Waals surface area (Å²) in [5.41, 5.74) is 1.88. The second-order valence-electron chi connectivity index (χ2n) is 2.92. The number of methoxy groups -OCH3 is 1. The van der Waals surface area contributed by atoms with E-state index in [0.29, 0.717) is 0 Å². The van der Waals surface area contributed by atoms with Gasteiger partial charge < -0.3 is 9.72 Å². The number of hydrogen-bond acceptors (Lipinski definition) is 4. The summed E-state index contributed by atoms with van der Waals surface area (Å²) >= 11 is 1.34. The zero-order valence-electron chi connectivity index (χ0n) is 8.19. The van der Waals surface area contributed by atoms with Crippen LogP contribution in [0.5, 0.6) is 0 Å². The van der Waals surface area contributed by atoms with E-state index in [1.807, 2.05) is 24.3 Å². The third-order valence-electron chi connectivity index (χ3n) is 1.92. The summed E-state index contributed by atoms with van der Waals surface area (Å²) < 4.78 is 4.54. The molecule has 4 nitrogen and oxygen atoms in total. The van der Waals surface area contributed by atoms with E-state index in [0.717, 1.165) is 16.2 Å². The lowest BCUT2D eigenvalue weighted by atomic mass is 10.3. The standard InChI is InChI=1S/C10H10N2O2S/c1-14-9(13)6-15-10-11-7-4-2-3-5-8(7)12-10/h2-5H,6H2,1H3,(H,11,12). The number of fused-ring (bicyclic) bond motifs is 1. The van der Waals surface area contributed by atoms with Gasteiger partial charge in [-0.1, -0.05) is 23.9 Å². The number of hydrogen-bond donors (Lipinski definition) is 1. The Hall–Kier alpha value is -1.49. The molecule has 0 atom stereocenters. The molecule has 15 heavy (non-hydrogen) atoms. The molecule has 1 N–H and O–H groups in total. The molecule has 2 aromatic rings. The lowest BCUT2D eigenvalue weighted by Crippen LogP contribution is -2.02. The van der Waals surface area contributed by atoms with Gasteiger partial charge in [0.15, 0.2) is 5.16 Å². The van der Waals surface area contributed by atoms with Gasteiger partial charge in [0.2, 0.25) is 0 Å². The molecular formula is C10H10N2O2S. The molecular weight excluding hydrogens is 212 g/mol. The number of para-hydroxylation sites is 2. The molecule has 0 radical (unpaired) electrons. The van der Waals surface area contributed by atoms with Crippen LogP contribution in [-0.2, 0) is 9.53 Å². The number of rotatable bonds is 3. The second-order valence-corrected chi connectivity index (χ2v) is 3.89. The maximum atomic E-state index is 10.9. The highest BCUT2D eigenvalue weighted by Crippen LogP contribution is 2.18. The van der Waals surface area contributed by atoms with E-state index >= 15 is 0 Å². The Labute approximate surface area is 91.0 Å². The average molecular weight is 222 g/mol. The van der Waals surface area contributed by atoms with Crippen molar-refractivity contribution in [3.8, 4) is 0 Å². The fourth-order valence-electron chi connectivity index (χ4n) is 1.18. The molecule has 0 saturated heterocycles. The molecule has 0 bridgehead atoms. The molecule has 0 amide bonds. The van der Waals surface area contributed by atoms with E-state index in [1.165, 1.54) is 18.9 Å². The number of thioether (sulfide) groups is 1. The maximum Gasteiger partial charge on any atom is 0.316 e. The summed E-state index contributed by atoms with van der Waals surface area (Å²) in [4.78, 5) is 18.4. The van der Waals surface area contributed by atoms with Gasteiger partial charge in [-0.05, 0) is 12.1 Å². The Bertz CT molecular complexity index is 448. The lowest BCUT2D eigenvalue weighted by Gasteiger charge is -1.95. The van der Waals surface area contributed by atoms with Crippen molar-refractivity contribution in [3.05, 3.63) is 24.3 Å². The highest BCUT2D eigenvalue weighted by atomic mass is 32.2. The number of ether oxygens (including phenoxy) is 1. The van der Waals surface area contributed by atoms with Crippen molar-refractivity contribution in [1.29, 1.82) is 0 Å². The predicted molar refractivity (Wildman–Crippen MR) is 58.8 cm³/mol. The number of imidazole rings is 1. The summed E-state index contributed by atoms with van der Waals surface area (Å²) in [5.74, 6) is 0.0246. The third-order valence-corrected chi connectivity index (χ3v) is 2.77. The lowest BCUT2D eigenvalue weighted by molar-refractivity contribution is -0.137. The molecule has 1 heterocycles. The Balaban J connectivity index is 2.12. The van der Waals surface area contributed by atoms with Crippen molar-refractivity contribution < 1.29 is 9.53 Å². The highest BCUT2D eigenvalue weighted by molar-refractivity contribution is 7.99. The number of nitrogens with one attached hydrogen (secondary N) is 1. The highest BCUT2D eigenvalue weighted by Gasteiger charge is 2.05. The van der Waals surface area contributed by atoms with Gasteiger partial charge in [0.05, 0.1) is 23.9 Å². The molecule has 0 aliphatic heterocycles. The molecule has 2 rings (SSSR count). The van der Waals surface area contributed by atoms with Crippen LogP contribution in [0.4, 0.5) is 0 Å². The van der Waals surface area contributed by atoms with Crippen LogP contribution in [0.15, 0.2) is 29.4 Å². The largest absolute Gasteiger partial charge is 0.468 e. The van der Waals surface area contributed by atoms with E-state index in [4.69, 9.17) is 0 Å². The SMILES string of the molecule is COC(=O)CSc1nc2ccccc2[nH]1. The van der Waals surface area contributed by atoms with Crippen LogP contribution in [0, 0.1) is 0 Å². The fourth-order valence-corrected chi connectivity index (χ4v) is 1.90. The van der Waals surface area contributed by atoms with E-state index in [9.17, 15) is 4.79 Å². The topological polar surface area (TPSA) is 55.0 Å². The molecule has 5 heteroatoms. The minimum atomic E-state index is -0.250. The first-order valence-electron chi connectivity index (χ1n) is 4.44. The molecule has 0 fully saturated rings. The number of aromatic nitrogens is 2. The molecule has 1 aromatic heterocycles. The Morgan fingerprint density at radius 3 is 3.07 bits per heavy atom. The van der Waals surface area contributed by atoms with Crippen LogP contribution in [0.25, 0.3) is 11.0 Å². The number of aromatic amines is 1. The van der Waals surface area contributed by atoms with Crippen molar-refractivity contribution >= 4 is 28.8 Å². The first-order valence-corrected chi connectivity index (χ1v) is 5.42. The van der Waals surface area contributed by atoms with Crippen molar-refractivity contribution in [1.82, 2.24) is 9.97 Å². The van der Waals surface area contributed by atoms with Gasteiger partial charge >= 0.3 is 5.97 Å². The summed E-state index contributed by atoms with van der Waals surface area (Å²) in [6.45, 7) is 0. The molecule has 0 aliphatic carbocycles. The zero-order chi connectivity index (χ0) is 10.7. The van der Waals surface area contributed by atoms with Crippen LogP contribution in [0.2, 0.25) is 0 Å². The minimum absolute atomic E-state index is 0.250. The summed E-state index contributed by atoms with van der Waals surface area (Å²) in [5, 5.41) is 0.738. The number of nitrogens with zero attached hydrogens (tertiary/aromatic N) is 1. The van der Waals surface area contributed by atoms with Crippen molar-refractivity contribution in [3.63, 3.8) is 0 Å². The Morgan fingerprint density at radius 2 is 2.33 bits per heavy atom. The molecule has 0 saturated carbocycles. The Morgan fingerprint density at radius 1 is 1.53 bits per heavy atom. The monoisotopic (exact) mass is 222 g/mol. The van der Waals surface area contributed by atoms with Crippen LogP contribution in [0.3, 0.4) is 0 Å². The third kappa shape index (κ3) is 2.30. The van der Waals surface area contributed by atoms with Gasteiger partial charge in [-0.15, -0.1) is 0 Å². The summed E-state index contributed by atoms with van der Waals surface area (Å²) in [6.07, 6.45) is 0. The van der Waals surface area contributed by atoms with Crippen LogP contribution in [0.1, 0.15) is 0 Å². The van der Waals surface area contributed by atoms with Crippen molar-refractivity contribution in [2.24, 2.45) is 0 Å². The zero-order valence-corrected chi connectivity index (χ0v) is 9.00. The van der Waals surface area contributed by atoms with Crippen LogP contribution >= 0.6 is 11.8 Å². The Kier molecular flexibility index (Phi) is 2.91. The number of esters is 1. The van der Waals surface area contributed by atoms with Crippen LogP contribution < -0.4 is 0 Å². The van der Waals surface area contributed by atoms with Gasteiger partial charge in [0.1, 0.15) is 0 Å². The van der Waals surface area contributed by atoms with Gasteiger partial charge in [0.25, 0.3) is 0 Å². The van der Waals surface area contributed by atoms with E-state index in [-0.39, 0.29) is 11.7 Å². The maximum absolute atomic E-state index is 10.9. The van der Waals surface area contributed by atoms with Gasteiger partial charge in [-0.25, -0.2) is 4.98 Å². The quantitative estimate of drug-likeness (QED) is 0.636. The van der Waals surface area contributed by atoms with Crippen LogP contribution in [-0.4, -0.2) is 28.8 Å². The second kappa shape index (κ2) is 4.35. The molecule has 0 aliphatic rings. The number of benzene rings is 1. The van der Waals surface area contributed by atoms with Crippen molar-refractivity contribution in [2.45, 2.75) is 5.16 Å². The molecule has 78 valence electrons. The number of carbonyl (C=O) groups excluding carboxylic acids is 1. The van der Waals surface area contributed by atoms with Crippen molar-refractivity contribution in [2.75, 3.05) is 12.9 Å². The smallest absolute Gasteiger partial charge is 0.316 e. The van der Waals surface area contributed by atoms with E-state index in [1.54, 1.807) is 0 Å². The molecule has 0 unspecified atom stereocenters. The first-order chi connectivity index (χ1) is 7.29. The van der Waals surface area contributed by atoms with E-state index in [2.05, 4.69) is 14.7 Å². The van der Waals surface area contributed by atoms with E-state index < -0.39 is 0 Å². The fraction of sp³-hybridized carbons (Fsp3) is 0.200. The average Bonchev–Trinajstić information content (AvgIpc) is 2.68. The minimum Gasteiger partial charge on any atom is -0.468 e. The van der Waals surface area contributed by atoms with Gasteiger partial charge in [-0.2, -0.15) is 0 Å². The predicted octanol–water partition coefficient (Wildman–Crippen LogP) is 1.83. The normalized spacial score (nSPS) is 10.5. The first kappa shape index (κ1) is 10.0. The summed E-state index contributed by atoms with van der Waals surface area (Å²) in [6, 6.07) is 7.74. The summed E-state index contributed by atoms with van der Waals surface area (Å²) in [7, 11) is 1.38. The molecule has 1 aromatic carbocycles. The number of carbonyl (C=O) groups is 1.